The van der Waals surface area contributed by atoms with Crippen molar-refractivity contribution >= 4 is 12.1 Å². The third-order valence-electron chi connectivity index (χ3n) is 3.65. The summed E-state index contributed by atoms with van der Waals surface area (Å²) in [6.07, 6.45) is 1.76. The van der Waals surface area contributed by atoms with Gasteiger partial charge in [-0.05, 0) is 39.3 Å². The summed E-state index contributed by atoms with van der Waals surface area (Å²) in [6, 6.07) is 5.49. The van der Waals surface area contributed by atoms with Crippen LogP contribution in [0, 0.1) is 5.92 Å². The molecule has 120 valence electrons. The highest BCUT2D eigenvalue weighted by molar-refractivity contribution is 5.74. The molecule has 0 spiro atoms. The minimum atomic E-state index is -0.913. The van der Waals surface area contributed by atoms with Gasteiger partial charge < -0.3 is 14.7 Å². The van der Waals surface area contributed by atoms with Crippen molar-refractivity contribution in [3.63, 3.8) is 0 Å². The molecule has 0 radical (unpaired) electrons. The molecular weight excluding hydrogens is 284 g/mol. The molecule has 0 bridgehead atoms. The monoisotopic (exact) mass is 306 g/mol. The second-order valence-electron chi connectivity index (χ2n) is 6.52. The molecule has 1 saturated heterocycles. The lowest BCUT2D eigenvalue weighted by Crippen LogP contribution is -2.47. The van der Waals surface area contributed by atoms with E-state index in [1.54, 1.807) is 33.0 Å². The van der Waals surface area contributed by atoms with Crippen molar-refractivity contribution in [2.75, 3.05) is 13.1 Å². The number of rotatable bonds is 2. The van der Waals surface area contributed by atoms with Gasteiger partial charge >= 0.3 is 12.1 Å². The number of likely N-dealkylation sites (tertiary alicyclic amines) is 1. The van der Waals surface area contributed by atoms with E-state index in [1.807, 2.05) is 12.1 Å². The van der Waals surface area contributed by atoms with Gasteiger partial charge in [0.15, 0.2) is 0 Å². The Hall–Kier alpha value is -2.11. The number of hydrogen-bond donors (Lipinski definition) is 1. The van der Waals surface area contributed by atoms with Gasteiger partial charge in [-0.3, -0.25) is 9.78 Å². The van der Waals surface area contributed by atoms with E-state index in [9.17, 15) is 14.7 Å². The van der Waals surface area contributed by atoms with Crippen molar-refractivity contribution < 1.29 is 19.4 Å². The molecule has 2 heterocycles. The Balaban J connectivity index is 2.12. The number of carbonyl (C=O) groups is 2. The molecule has 0 unspecified atom stereocenters. The summed E-state index contributed by atoms with van der Waals surface area (Å²) in [7, 11) is 0. The first-order chi connectivity index (χ1) is 10.3. The number of piperidine rings is 1. The summed E-state index contributed by atoms with van der Waals surface area (Å²) in [5.41, 5.74) is 0.173. The summed E-state index contributed by atoms with van der Waals surface area (Å²) < 4.78 is 5.32. The second-order valence-corrected chi connectivity index (χ2v) is 6.52. The van der Waals surface area contributed by atoms with Gasteiger partial charge in [0.1, 0.15) is 5.60 Å². The third-order valence-corrected chi connectivity index (χ3v) is 3.65. The zero-order valence-electron chi connectivity index (χ0n) is 13.2. The van der Waals surface area contributed by atoms with Crippen LogP contribution in [0.2, 0.25) is 0 Å². The Morgan fingerprint density at radius 2 is 2.09 bits per heavy atom. The molecule has 0 aliphatic carbocycles. The zero-order valence-corrected chi connectivity index (χ0v) is 13.2. The molecule has 2 atom stereocenters. The van der Waals surface area contributed by atoms with Crippen LogP contribution in [0.3, 0.4) is 0 Å². The summed E-state index contributed by atoms with van der Waals surface area (Å²) in [5, 5.41) is 9.50. The average Bonchev–Trinajstić information content (AvgIpc) is 2.45. The van der Waals surface area contributed by atoms with Crippen LogP contribution in [0.15, 0.2) is 24.4 Å². The second kappa shape index (κ2) is 6.34. The fraction of sp³-hybridized carbons (Fsp3) is 0.562. The number of amides is 1. The summed E-state index contributed by atoms with van der Waals surface area (Å²) in [6.45, 7) is 5.99. The van der Waals surface area contributed by atoms with Crippen LogP contribution >= 0.6 is 0 Å². The molecule has 1 aromatic heterocycles. The third kappa shape index (κ3) is 3.96. The van der Waals surface area contributed by atoms with Gasteiger partial charge in [-0.2, -0.15) is 0 Å². The molecule has 1 aliphatic heterocycles. The van der Waals surface area contributed by atoms with Crippen LogP contribution in [0.4, 0.5) is 4.79 Å². The number of carbonyl (C=O) groups excluding carboxylic acids is 1. The maximum atomic E-state index is 12.1. The normalized spacial score (nSPS) is 22.2. The molecule has 6 heteroatoms. The Kier molecular flexibility index (Phi) is 4.68. The number of aromatic nitrogens is 1. The van der Waals surface area contributed by atoms with E-state index >= 15 is 0 Å². The van der Waals surface area contributed by atoms with Gasteiger partial charge in [-0.25, -0.2) is 4.79 Å². The van der Waals surface area contributed by atoms with E-state index in [4.69, 9.17) is 4.74 Å². The van der Waals surface area contributed by atoms with E-state index in [1.165, 1.54) is 4.90 Å². The van der Waals surface area contributed by atoms with E-state index in [0.29, 0.717) is 13.0 Å². The van der Waals surface area contributed by atoms with Crippen LogP contribution in [-0.4, -0.2) is 45.7 Å². The van der Waals surface area contributed by atoms with E-state index in [-0.39, 0.29) is 12.5 Å². The SMILES string of the molecule is CC(C)(C)OC(=O)N1CC[C@@H](c2ccccn2)[C@@H](C(=O)O)C1. The van der Waals surface area contributed by atoms with Gasteiger partial charge in [0.2, 0.25) is 0 Å². The van der Waals surface area contributed by atoms with Crippen molar-refractivity contribution in [3.8, 4) is 0 Å². The van der Waals surface area contributed by atoms with E-state index < -0.39 is 23.6 Å². The predicted octanol–water partition coefficient (Wildman–Crippen LogP) is 2.51. The predicted molar refractivity (Wildman–Crippen MR) is 80.5 cm³/mol. The standard InChI is InChI=1S/C16H22N2O4/c1-16(2,3)22-15(21)18-9-7-11(12(10-18)14(19)20)13-6-4-5-8-17-13/h4-6,8,11-12H,7,9-10H2,1-3H3,(H,19,20)/t11-,12+/m1/s1. The molecule has 1 aromatic rings. The van der Waals surface area contributed by atoms with Gasteiger partial charge in [0.05, 0.1) is 5.92 Å². The Labute approximate surface area is 130 Å². The molecule has 2 rings (SSSR count). The van der Waals surface area contributed by atoms with Crippen molar-refractivity contribution in [2.45, 2.75) is 38.7 Å². The van der Waals surface area contributed by atoms with Crippen LogP contribution in [0.5, 0.6) is 0 Å². The Morgan fingerprint density at radius 1 is 1.36 bits per heavy atom. The minimum Gasteiger partial charge on any atom is -0.481 e. The maximum Gasteiger partial charge on any atom is 0.410 e. The first-order valence-corrected chi connectivity index (χ1v) is 7.39. The number of hydrogen-bond acceptors (Lipinski definition) is 4. The smallest absolute Gasteiger partial charge is 0.410 e. The lowest BCUT2D eigenvalue weighted by molar-refractivity contribution is -0.144. The number of pyridine rings is 1. The van der Waals surface area contributed by atoms with Crippen LogP contribution < -0.4 is 0 Å². The van der Waals surface area contributed by atoms with Crippen LogP contribution in [-0.2, 0) is 9.53 Å². The highest BCUT2D eigenvalue weighted by Gasteiger charge is 2.38. The molecule has 1 fully saturated rings. The molecule has 0 aromatic carbocycles. The number of carboxylic acid groups (broad SMARTS) is 1. The van der Waals surface area contributed by atoms with Crippen LogP contribution in [0.1, 0.15) is 38.8 Å². The molecule has 6 nitrogen and oxygen atoms in total. The highest BCUT2D eigenvalue weighted by Crippen LogP contribution is 2.32. The number of ether oxygens (including phenoxy) is 1. The van der Waals surface area contributed by atoms with Crippen molar-refractivity contribution in [1.29, 1.82) is 0 Å². The molecular formula is C16H22N2O4. The van der Waals surface area contributed by atoms with Crippen molar-refractivity contribution in [3.05, 3.63) is 30.1 Å². The summed E-state index contributed by atoms with van der Waals surface area (Å²) in [5.74, 6) is -1.77. The van der Waals surface area contributed by atoms with Gasteiger partial charge in [-0.15, -0.1) is 0 Å². The zero-order chi connectivity index (χ0) is 16.3. The van der Waals surface area contributed by atoms with Crippen molar-refractivity contribution in [1.82, 2.24) is 9.88 Å². The first kappa shape index (κ1) is 16.3. The molecule has 0 saturated carbocycles. The molecule has 22 heavy (non-hydrogen) atoms. The fourth-order valence-electron chi connectivity index (χ4n) is 2.64. The summed E-state index contributed by atoms with van der Waals surface area (Å²) in [4.78, 5) is 29.4. The molecule has 1 N–H and O–H groups in total. The topological polar surface area (TPSA) is 79.7 Å². The van der Waals surface area contributed by atoms with Gasteiger partial charge in [0, 0.05) is 30.9 Å². The number of carboxylic acids is 1. The van der Waals surface area contributed by atoms with E-state index in [2.05, 4.69) is 4.98 Å². The van der Waals surface area contributed by atoms with E-state index in [0.717, 1.165) is 5.69 Å². The lowest BCUT2D eigenvalue weighted by atomic mass is 9.83. The largest absolute Gasteiger partial charge is 0.481 e. The molecule has 1 amide bonds. The Morgan fingerprint density at radius 3 is 2.64 bits per heavy atom. The number of nitrogens with zero attached hydrogens (tertiary/aromatic N) is 2. The Bertz CT molecular complexity index is 539. The average molecular weight is 306 g/mol. The lowest BCUT2D eigenvalue weighted by Gasteiger charge is -2.36. The quantitative estimate of drug-likeness (QED) is 0.908. The van der Waals surface area contributed by atoms with Gasteiger partial charge in [-0.1, -0.05) is 6.07 Å². The molecule has 1 aliphatic rings. The van der Waals surface area contributed by atoms with Gasteiger partial charge in [0.25, 0.3) is 0 Å². The minimum absolute atomic E-state index is 0.144. The first-order valence-electron chi connectivity index (χ1n) is 7.39. The van der Waals surface area contributed by atoms with Crippen molar-refractivity contribution in [2.24, 2.45) is 5.92 Å². The fourth-order valence-corrected chi connectivity index (χ4v) is 2.64. The van der Waals surface area contributed by atoms with Crippen LogP contribution in [0.25, 0.3) is 0 Å². The maximum absolute atomic E-state index is 12.1. The number of aliphatic carboxylic acids is 1. The summed E-state index contributed by atoms with van der Waals surface area (Å²) >= 11 is 0. The highest BCUT2D eigenvalue weighted by atomic mass is 16.6.